The summed E-state index contributed by atoms with van der Waals surface area (Å²) in [4.78, 5) is 26.9. The number of hydrogen-bond donors (Lipinski definition) is 1. The number of piperidine rings is 1. The normalized spacial score (nSPS) is 19.4. The molecule has 104 valence electrons. The van der Waals surface area contributed by atoms with Gasteiger partial charge in [-0.15, -0.1) is 11.6 Å². The van der Waals surface area contributed by atoms with Crippen molar-refractivity contribution >= 4 is 23.2 Å². The van der Waals surface area contributed by atoms with Crippen LogP contribution in [0.15, 0.2) is 12.3 Å². The first-order valence-electron chi connectivity index (χ1n) is 6.33. The predicted octanol–water partition coefficient (Wildman–Crippen LogP) is 2.55. The van der Waals surface area contributed by atoms with Crippen LogP contribution in [0.1, 0.15) is 36.2 Å². The molecule has 1 saturated heterocycles. The lowest BCUT2D eigenvalue weighted by Gasteiger charge is -2.35. The van der Waals surface area contributed by atoms with E-state index in [2.05, 4.69) is 4.98 Å². The number of H-pyrrole nitrogens is 1. The summed E-state index contributed by atoms with van der Waals surface area (Å²) in [6.07, 6.45) is 5.01. The van der Waals surface area contributed by atoms with Gasteiger partial charge in [-0.1, -0.05) is 0 Å². The number of carbonyl (C=O) groups excluding carboxylic acids is 1. The summed E-state index contributed by atoms with van der Waals surface area (Å²) >= 11 is 5.76. The maximum absolute atomic E-state index is 12.3. The molecule has 0 saturated carbocycles. The molecule has 1 unspecified atom stereocenters. The third-order valence-corrected chi connectivity index (χ3v) is 3.66. The summed E-state index contributed by atoms with van der Waals surface area (Å²) in [5, 5.41) is 10.6. The number of carbonyl (C=O) groups is 1. The van der Waals surface area contributed by atoms with Gasteiger partial charge in [-0.25, -0.2) is 0 Å². The van der Waals surface area contributed by atoms with Gasteiger partial charge in [0.1, 0.15) is 5.69 Å². The minimum absolute atomic E-state index is 0.0887. The highest BCUT2D eigenvalue weighted by Gasteiger charge is 2.28. The Morgan fingerprint density at radius 1 is 1.58 bits per heavy atom. The molecular formula is C12H16ClN3O3. The molecule has 1 fully saturated rings. The van der Waals surface area contributed by atoms with Gasteiger partial charge in [0.05, 0.1) is 11.1 Å². The smallest absolute Gasteiger partial charge is 0.287 e. The Morgan fingerprint density at radius 2 is 2.37 bits per heavy atom. The number of halogens is 1. The molecule has 0 spiro atoms. The Kier molecular flexibility index (Phi) is 4.42. The van der Waals surface area contributed by atoms with Crippen molar-refractivity contribution in [2.45, 2.75) is 31.7 Å². The minimum Gasteiger partial charge on any atom is -0.351 e. The first kappa shape index (κ1) is 13.9. The summed E-state index contributed by atoms with van der Waals surface area (Å²) in [6.45, 7) is 0.688. The van der Waals surface area contributed by atoms with E-state index in [1.54, 1.807) is 4.90 Å². The molecule has 19 heavy (non-hydrogen) atoms. The van der Waals surface area contributed by atoms with Crippen LogP contribution in [0, 0.1) is 10.1 Å². The summed E-state index contributed by atoms with van der Waals surface area (Å²) in [5.41, 5.74) is 0.183. The maximum atomic E-state index is 12.3. The topological polar surface area (TPSA) is 79.2 Å². The van der Waals surface area contributed by atoms with E-state index in [-0.39, 0.29) is 23.3 Å². The van der Waals surface area contributed by atoms with E-state index in [1.165, 1.54) is 12.3 Å². The maximum Gasteiger partial charge on any atom is 0.287 e. The summed E-state index contributed by atoms with van der Waals surface area (Å²) in [6, 6.07) is 1.43. The van der Waals surface area contributed by atoms with E-state index < -0.39 is 4.92 Å². The van der Waals surface area contributed by atoms with Gasteiger partial charge in [-0.3, -0.25) is 14.9 Å². The molecule has 0 aromatic carbocycles. The molecule has 2 rings (SSSR count). The number of aromatic nitrogens is 1. The molecule has 1 aliphatic heterocycles. The van der Waals surface area contributed by atoms with Crippen LogP contribution in [0.25, 0.3) is 0 Å². The highest BCUT2D eigenvalue weighted by Crippen LogP contribution is 2.23. The van der Waals surface area contributed by atoms with Crippen molar-refractivity contribution in [1.29, 1.82) is 0 Å². The van der Waals surface area contributed by atoms with Crippen molar-refractivity contribution in [3.63, 3.8) is 0 Å². The average Bonchev–Trinajstić information content (AvgIpc) is 2.89. The molecule has 0 aliphatic carbocycles. The number of nitro groups is 1. The first-order chi connectivity index (χ1) is 9.13. The molecule has 1 aliphatic rings. The Hall–Kier alpha value is -1.56. The predicted molar refractivity (Wildman–Crippen MR) is 71.5 cm³/mol. The summed E-state index contributed by atoms with van der Waals surface area (Å²) in [5.74, 6) is 0.335. The van der Waals surface area contributed by atoms with Gasteiger partial charge < -0.3 is 9.88 Å². The van der Waals surface area contributed by atoms with Crippen LogP contribution >= 0.6 is 11.6 Å². The Bertz CT molecular complexity index is 473. The quantitative estimate of drug-likeness (QED) is 0.524. The molecule has 1 aromatic heterocycles. The lowest BCUT2D eigenvalue weighted by Crippen LogP contribution is -2.44. The number of aromatic amines is 1. The zero-order chi connectivity index (χ0) is 13.8. The molecule has 1 atom stereocenters. The third kappa shape index (κ3) is 3.07. The standard InChI is InChI=1S/C12H16ClN3O3/c13-5-4-9-3-1-2-6-15(9)12(17)11-7-10(8-14-11)16(18)19/h7-9,14H,1-6H2. The van der Waals surface area contributed by atoms with E-state index in [4.69, 9.17) is 11.6 Å². The Balaban J connectivity index is 2.13. The van der Waals surface area contributed by atoms with Gasteiger partial charge >= 0.3 is 0 Å². The lowest BCUT2D eigenvalue weighted by molar-refractivity contribution is -0.384. The van der Waals surface area contributed by atoms with Crippen LogP contribution < -0.4 is 0 Å². The van der Waals surface area contributed by atoms with Gasteiger partial charge in [-0.05, 0) is 25.7 Å². The van der Waals surface area contributed by atoms with Crippen molar-refractivity contribution < 1.29 is 9.72 Å². The van der Waals surface area contributed by atoms with Gasteiger partial charge in [-0.2, -0.15) is 0 Å². The van der Waals surface area contributed by atoms with Crippen molar-refractivity contribution in [3.8, 4) is 0 Å². The van der Waals surface area contributed by atoms with E-state index >= 15 is 0 Å². The monoisotopic (exact) mass is 285 g/mol. The molecule has 1 N–H and O–H groups in total. The number of alkyl halides is 1. The number of amides is 1. The van der Waals surface area contributed by atoms with Gasteiger partial charge in [0, 0.05) is 24.5 Å². The zero-order valence-corrected chi connectivity index (χ0v) is 11.2. The second-order valence-electron chi connectivity index (χ2n) is 4.65. The fraction of sp³-hybridized carbons (Fsp3) is 0.583. The van der Waals surface area contributed by atoms with E-state index in [1.807, 2.05) is 0 Å². The van der Waals surface area contributed by atoms with Crippen LogP contribution in [0.4, 0.5) is 5.69 Å². The SMILES string of the molecule is O=C(c1cc([N+](=O)[O-])c[nH]1)N1CCCCC1CCCl. The van der Waals surface area contributed by atoms with Crippen molar-refractivity contribution in [3.05, 3.63) is 28.1 Å². The van der Waals surface area contributed by atoms with Crippen molar-refractivity contribution in [2.75, 3.05) is 12.4 Å². The number of likely N-dealkylation sites (tertiary alicyclic amines) is 1. The molecule has 6 nitrogen and oxygen atoms in total. The first-order valence-corrected chi connectivity index (χ1v) is 6.86. The number of nitrogens with zero attached hydrogens (tertiary/aromatic N) is 2. The van der Waals surface area contributed by atoms with Gasteiger partial charge in [0.2, 0.25) is 0 Å². The number of hydrogen-bond acceptors (Lipinski definition) is 3. The van der Waals surface area contributed by atoms with E-state index in [9.17, 15) is 14.9 Å². The van der Waals surface area contributed by atoms with Crippen molar-refractivity contribution in [2.24, 2.45) is 0 Å². The molecule has 1 amide bonds. The fourth-order valence-electron chi connectivity index (χ4n) is 2.46. The largest absolute Gasteiger partial charge is 0.351 e. The van der Waals surface area contributed by atoms with Crippen LogP contribution in [0.2, 0.25) is 0 Å². The minimum atomic E-state index is -0.514. The molecule has 1 aromatic rings. The van der Waals surface area contributed by atoms with Crippen LogP contribution in [0.5, 0.6) is 0 Å². The van der Waals surface area contributed by atoms with Crippen molar-refractivity contribution in [1.82, 2.24) is 9.88 Å². The summed E-state index contributed by atoms with van der Waals surface area (Å²) < 4.78 is 0. The van der Waals surface area contributed by atoms with Gasteiger partial charge in [0.15, 0.2) is 0 Å². The van der Waals surface area contributed by atoms with Crippen LogP contribution in [-0.2, 0) is 0 Å². The average molecular weight is 286 g/mol. The zero-order valence-electron chi connectivity index (χ0n) is 10.5. The highest BCUT2D eigenvalue weighted by atomic mass is 35.5. The van der Waals surface area contributed by atoms with Crippen LogP contribution in [-0.4, -0.2) is 39.2 Å². The van der Waals surface area contributed by atoms with Gasteiger partial charge in [0.25, 0.3) is 11.6 Å². The second kappa shape index (κ2) is 6.06. The Labute approximate surface area is 115 Å². The molecule has 0 radical (unpaired) electrons. The number of nitrogens with one attached hydrogen (secondary N) is 1. The van der Waals surface area contributed by atoms with Crippen LogP contribution in [0.3, 0.4) is 0 Å². The molecular weight excluding hydrogens is 270 g/mol. The second-order valence-corrected chi connectivity index (χ2v) is 5.03. The Morgan fingerprint density at radius 3 is 3.00 bits per heavy atom. The summed E-state index contributed by atoms with van der Waals surface area (Å²) in [7, 11) is 0. The number of rotatable bonds is 4. The molecule has 2 heterocycles. The lowest BCUT2D eigenvalue weighted by atomic mass is 9.99. The fourth-order valence-corrected chi connectivity index (χ4v) is 2.71. The van der Waals surface area contributed by atoms with E-state index in [0.717, 1.165) is 25.7 Å². The van der Waals surface area contributed by atoms with E-state index in [0.29, 0.717) is 12.4 Å². The highest BCUT2D eigenvalue weighted by molar-refractivity contribution is 6.17. The third-order valence-electron chi connectivity index (χ3n) is 3.44. The molecule has 7 heteroatoms. The molecule has 0 bridgehead atoms.